The van der Waals surface area contributed by atoms with Crippen molar-refractivity contribution in [3.8, 4) is 0 Å². The SMILES string of the molecule is CC(C)(C)n1ncc(=O)c2ccccc21. The molecule has 0 saturated carbocycles. The molecule has 2 aromatic rings. The fraction of sp³-hybridized carbons (Fsp3) is 0.333. The summed E-state index contributed by atoms with van der Waals surface area (Å²) >= 11 is 0. The molecule has 0 saturated heterocycles. The minimum absolute atomic E-state index is 0.0221. The number of fused-ring (bicyclic) bond motifs is 1. The number of hydrogen-bond acceptors (Lipinski definition) is 2. The number of nitrogens with zero attached hydrogens (tertiary/aromatic N) is 2. The molecular formula is C12H14N2O. The minimum atomic E-state index is -0.118. The van der Waals surface area contributed by atoms with Crippen LogP contribution >= 0.6 is 0 Å². The van der Waals surface area contributed by atoms with Gasteiger partial charge in [-0.1, -0.05) is 12.1 Å². The van der Waals surface area contributed by atoms with Crippen molar-refractivity contribution < 1.29 is 0 Å². The van der Waals surface area contributed by atoms with E-state index in [0.29, 0.717) is 0 Å². The second-order valence-electron chi connectivity index (χ2n) is 4.61. The zero-order valence-electron chi connectivity index (χ0n) is 9.19. The third kappa shape index (κ3) is 1.65. The third-order valence-corrected chi connectivity index (χ3v) is 2.32. The maximum atomic E-state index is 11.6. The molecule has 0 aliphatic heterocycles. The highest BCUT2D eigenvalue weighted by molar-refractivity contribution is 5.78. The van der Waals surface area contributed by atoms with Gasteiger partial charge in [0, 0.05) is 5.39 Å². The predicted octanol–water partition coefficient (Wildman–Crippen LogP) is 2.15. The Labute approximate surface area is 88.4 Å². The summed E-state index contributed by atoms with van der Waals surface area (Å²) in [6.07, 6.45) is 1.38. The first kappa shape index (κ1) is 9.90. The van der Waals surface area contributed by atoms with Crippen LogP contribution in [0.2, 0.25) is 0 Å². The van der Waals surface area contributed by atoms with Gasteiger partial charge >= 0.3 is 0 Å². The van der Waals surface area contributed by atoms with Crippen molar-refractivity contribution in [1.82, 2.24) is 9.78 Å². The molecule has 1 aromatic carbocycles. The van der Waals surface area contributed by atoms with Crippen LogP contribution in [0.15, 0.2) is 35.3 Å². The van der Waals surface area contributed by atoms with E-state index in [4.69, 9.17) is 0 Å². The number of rotatable bonds is 0. The van der Waals surface area contributed by atoms with E-state index in [1.807, 2.05) is 28.9 Å². The fourth-order valence-corrected chi connectivity index (χ4v) is 1.64. The molecule has 3 nitrogen and oxygen atoms in total. The monoisotopic (exact) mass is 202 g/mol. The van der Waals surface area contributed by atoms with E-state index in [1.165, 1.54) is 6.20 Å². The van der Waals surface area contributed by atoms with Crippen LogP contribution in [0, 0.1) is 0 Å². The Morgan fingerprint density at radius 3 is 2.53 bits per heavy atom. The van der Waals surface area contributed by atoms with Crippen LogP contribution in [0.4, 0.5) is 0 Å². The highest BCUT2D eigenvalue weighted by Crippen LogP contribution is 2.17. The quantitative estimate of drug-likeness (QED) is 0.656. The van der Waals surface area contributed by atoms with Gasteiger partial charge in [-0.2, -0.15) is 5.10 Å². The van der Waals surface area contributed by atoms with Gasteiger partial charge in [0.15, 0.2) is 0 Å². The molecule has 0 aliphatic rings. The molecule has 0 atom stereocenters. The Morgan fingerprint density at radius 1 is 1.20 bits per heavy atom. The summed E-state index contributed by atoms with van der Waals surface area (Å²) < 4.78 is 1.88. The molecule has 2 rings (SSSR count). The first-order valence-electron chi connectivity index (χ1n) is 4.98. The Kier molecular flexibility index (Phi) is 2.11. The summed E-state index contributed by atoms with van der Waals surface area (Å²) in [5.74, 6) is 0. The largest absolute Gasteiger partial charge is 0.287 e. The maximum absolute atomic E-state index is 11.6. The van der Waals surface area contributed by atoms with E-state index in [0.717, 1.165) is 10.9 Å². The molecule has 78 valence electrons. The van der Waals surface area contributed by atoms with Crippen LogP contribution in [-0.4, -0.2) is 9.78 Å². The van der Waals surface area contributed by atoms with Crippen LogP contribution in [0.1, 0.15) is 20.8 Å². The van der Waals surface area contributed by atoms with E-state index in [-0.39, 0.29) is 11.0 Å². The zero-order valence-corrected chi connectivity index (χ0v) is 9.19. The summed E-state index contributed by atoms with van der Waals surface area (Å²) in [5.41, 5.74) is 0.747. The van der Waals surface area contributed by atoms with Gasteiger partial charge in [-0.05, 0) is 32.9 Å². The normalized spacial score (nSPS) is 11.9. The molecule has 3 heteroatoms. The molecule has 0 radical (unpaired) electrons. The van der Waals surface area contributed by atoms with Gasteiger partial charge in [0.25, 0.3) is 0 Å². The lowest BCUT2D eigenvalue weighted by molar-refractivity contribution is 0.363. The van der Waals surface area contributed by atoms with E-state index in [2.05, 4.69) is 25.9 Å². The summed E-state index contributed by atoms with van der Waals surface area (Å²) in [7, 11) is 0. The second kappa shape index (κ2) is 3.19. The van der Waals surface area contributed by atoms with Gasteiger partial charge < -0.3 is 0 Å². The number of hydrogen-bond donors (Lipinski definition) is 0. The molecule has 15 heavy (non-hydrogen) atoms. The first-order chi connectivity index (χ1) is 7.00. The number of para-hydroxylation sites is 1. The van der Waals surface area contributed by atoms with E-state index < -0.39 is 0 Å². The van der Waals surface area contributed by atoms with Gasteiger partial charge in [0.2, 0.25) is 5.43 Å². The molecule has 0 unspecified atom stereocenters. The lowest BCUT2D eigenvalue weighted by Gasteiger charge is -2.23. The predicted molar refractivity (Wildman–Crippen MR) is 61.0 cm³/mol. The van der Waals surface area contributed by atoms with Crippen LogP contribution in [0.25, 0.3) is 10.9 Å². The molecule has 1 heterocycles. The Bertz CT molecular complexity index is 549. The van der Waals surface area contributed by atoms with Gasteiger partial charge in [-0.3, -0.25) is 9.48 Å². The van der Waals surface area contributed by atoms with Crippen LogP contribution in [-0.2, 0) is 5.54 Å². The Morgan fingerprint density at radius 2 is 1.87 bits per heavy atom. The van der Waals surface area contributed by atoms with Crippen LogP contribution in [0.5, 0.6) is 0 Å². The first-order valence-corrected chi connectivity index (χ1v) is 4.98. The van der Waals surface area contributed by atoms with Gasteiger partial charge in [-0.15, -0.1) is 0 Å². The van der Waals surface area contributed by atoms with Crippen molar-refractivity contribution in [1.29, 1.82) is 0 Å². The van der Waals surface area contributed by atoms with Crippen molar-refractivity contribution in [2.24, 2.45) is 0 Å². The van der Waals surface area contributed by atoms with Gasteiger partial charge in [-0.25, -0.2) is 0 Å². The molecule has 0 fully saturated rings. The highest BCUT2D eigenvalue weighted by atomic mass is 16.1. The Hall–Kier alpha value is -1.64. The summed E-state index contributed by atoms with van der Waals surface area (Å²) in [4.78, 5) is 11.6. The molecule has 0 amide bonds. The smallest absolute Gasteiger partial charge is 0.207 e. The fourth-order valence-electron chi connectivity index (χ4n) is 1.64. The van der Waals surface area contributed by atoms with E-state index >= 15 is 0 Å². The molecule has 0 aliphatic carbocycles. The summed E-state index contributed by atoms with van der Waals surface area (Å²) in [6.45, 7) is 6.20. The molecular weight excluding hydrogens is 188 g/mol. The highest BCUT2D eigenvalue weighted by Gasteiger charge is 2.15. The third-order valence-electron chi connectivity index (χ3n) is 2.32. The zero-order chi connectivity index (χ0) is 11.1. The summed E-state index contributed by atoms with van der Waals surface area (Å²) in [6, 6.07) is 7.55. The van der Waals surface area contributed by atoms with E-state index in [1.54, 1.807) is 0 Å². The van der Waals surface area contributed by atoms with Crippen molar-refractivity contribution in [3.05, 3.63) is 40.7 Å². The number of aromatic nitrogens is 2. The van der Waals surface area contributed by atoms with Gasteiger partial charge in [0.1, 0.15) is 0 Å². The lowest BCUT2D eigenvalue weighted by atomic mass is 10.1. The van der Waals surface area contributed by atoms with Gasteiger partial charge in [0.05, 0.1) is 17.3 Å². The molecule has 0 spiro atoms. The number of benzene rings is 1. The van der Waals surface area contributed by atoms with Crippen molar-refractivity contribution in [3.63, 3.8) is 0 Å². The van der Waals surface area contributed by atoms with Crippen molar-refractivity contribution in [2.75, 3.05) is 0 Å². The van der Waals surface area contributed by atoms with Crippen LogP contribution in [0.3, 0.4) is 0 Å². The van der Waals surface area contributed by atoms with Crippen LogP contribution < -0.4 is 5.43 Å². The second-order valence-corrected chi connectivity index (χ2v) is 4.61. The molecule has 1 aromatic heterocycles. The minimum Gasteiger partial charge on any atom is -0.287 e. The van der Waals surface area contributed by atoms with Crippen molar-refractivity contribution in [2.45, 2.75) is 26.3 Å². The standard InChI is InChI=1S/C12H14N2O/c1-12(2,3)14-10-7-5-4-6-9(10)11(15)8-13-14/h4-8H,1-3H3. The average Bonchev–Trinajstić information content (AvgIpc) is 2.17. The van der Waals surface area contributed by atoms with E-state index in [9.17, 15) is 4.79 Å². The summed E-state index contributed by atoms with van der Waals surface area (Å²) in [5, 5.41) is 4.91. The average molecular weight is 202 g/mol. The topological polar surface area (TPSA) is 34.9 Å². The lowest BCUT2D eigenvalue weighted by Crippen LogP contribution is -2.27. The maximum Gasteiger partial charge on any atom is 0.207 e. The molecule has 0 bridgehead atoms. The Balaban J connectivity index is 2.90. The van der Waals surface area contributed by atoms with Crippen molar-refractivity contribution >= 4 is 10.9 Å². The molecule has 0 N–H and O–H groups in total.